The summed E-state index contributed by atoms with van der Waals surface area (Å²) in [6.07, 6.45) is 1.67. The predicted molar refractivity (Wildman–Crippen MR) is 114 cm³/mol. The van der Waals surface area contributed by atoms with E-state index >= 15 is 0 Å². The van der Waals surface area contributed by atoms with Crippen molar-refractivity contribution >= 4 is 45.0 Å². The number of carbonyl (C=O) groups is 2. The SMILES string of the molecule is Cc1cc(Br)ccc1C(=O)Nc1ccc(C(=O)NCc2ccccn2)c(Cl)c1. The molecule has 2 N–H and O–H groups in total. The number of carbonyl (C=O) groups excluding carboxylic acids is 2. The molecular formula is C21H17BrClN3O2. The Hall–Kier alpha value is -2.70. The van der Waals surface area contributed by atoms with Gasteiger partial charge in [-0.1, -0.05) is 33.6 Å². The van der Waals surface area contributed by atoms with Crippen LogP contribution in [0.25, 0.3) is 0 Å². The molecule has 0 saturated heterocycles. The van der Waals surface area contributed by atoms with E-state index in [-0.39, 0.29) is 16.8 Å². The summed E-state index contributed by atoms with van der Waals surface area (Å²) in [5.74, 6) is -0.550. The van der Waals surface area contributed by atoms with Gasteiger partial charge in [0.1, 0.15) is 0 Å². The zero-order chi connectivity index (χ0) is 20.1. The second-order valence-corrected chi connectivity index (χ2v) is 7.43. The van der Waals surface area contributed by atoms with E-state index in [1.54, 1.807) is 30.5 Å². The molecule has 2 aromatic carbocycles. The summed E-state index contributed by atoms with van der Waals surface area (Å²) in [4.78, 5) is 29.0. The lowest BCUT2D eigenvalue weighted by molar-refractivity contribution is 0.0950. The average molecular weight is 459 g/mol. The van der Waals surface area contributed by atoms with Crippen molar-refractivity contribution in [2.24, 2.45) is 0 Å². The molecule has 0 bridgehead atoms. The summed E-state index contributed by atoms with van der Waals surface area (Å²) in [5, 5.41) is 5.83. The fourth-order valence-corrected chi connectivity index (χ4v) is 3.37. The molecule has 0 unspecified atom stereocenters. The van der Waals surface area contributed by atoms with Crippen molar-refractivity contribution in [1.29, 1.82) is 0 Å². The summed E-state index contributed by atoms with van der Waals surface area (Å²) in [6.45, 7) is 2.17. The molecule has 0 fully saturated rings. The minimum atomic E-state index is -0.308. The van der Waals surface area contributed by atoms with Crippen LogP contribution in [-0.4, -0.2) is 16.8 Å². The van der Waals surface area contributed by atoms with E-state index in [1.807, 2.05) is 37.3 Å². The number of aromatic nitrogens is 1. The number of amides is 2. The van der Waals surface area contributed by atoms with Crippen LogP contribution in [0.1, 0.15) is 32.0 Å². The number of hydrogen-bond donors (Lipinski definition) is 2. The van der Waals surface area contributed by atoms with Crippen LogP contribution in [0.5, 0.6) is 0 Å². The summed E-state index contributed by atoms with van der Waals surface area (Å²) in [6, 6.07) is 15.7. The van der Waals surface area contributed by atoms with Gasteiger partial charge >= 0.3 is 0 Å². The number of benzene rings is 2. The fourth-order valence-electron chi connectivity index (χ4n) is 2.63. The van der Waals surface area contributed by atoms with Gasteiger partial charge in [0.2, 0.25) is 0 Å². The molecule has 0 spiro atoms. The largest absolute Gasteiger partial charge is 0.346 e. The minimum Gasteiger partial charge on any atom is -0.346 e. The maximum atomic E-state index is 12.5. The number of pyridine rings is 1. The van der Waals surface area contributed by atoms with E-state index in [1.165, 1.54) is 0 Å². The van der Waals surface area contributed by atoms with E-state index in [4.69, 9.17) is 11.6 Å². The first-order valence-corrected chi connectivity index (χ1v) is 9.66. The molecular weight excluding hydrogens is 442 g/mol. The summed E-state index contributed by atoms with van der Waals surface area (Å²) in [5.41, 5.74) is 3.01. The second kappa shape index (κ2) is 8.99. The van der Waals surface area contributed by atoms with Gasteiger partial charge in [0, 0.05) is 21.9 Å². The highest BCUT2D eigenvalue weighted by molar-refractivity contribution is 9.10. The number of hydrogen-bond acceptors (Lipinski definition) is 3. The predicted octanol–water partition coefficient (Wildman–Crippen LogP) is 4.99. The molecule has 5 nitrogen and oxygen atoms in total. The third kappa shape index (κ3) is 4.97. The van der Waals surface area contributed by atoms with Crippen molar-refractivity contribution in [2.45, 2.75) is 13.5 Å². The molecule has 0 aliphatic carbocycles. The van der Waals surface area contributed by atoms with E-state index in [9.17, 15) is 9.59 Å². The number of rotatable bonds is 5. The standard InChI is InChI=1S/C21H17BrClN3O2/c1-13-10-14(22)5-7-17(13)21(28)26-15-6-8-18(19(23)11-15)20(27)25-12-16-4-2-3-9-24-16/h2-11H,12H2,1H3,(H,25,27)(H,26,28). The van der Waals surface area contributed by atoms with Crippen molar-refractivity contribution in [1.82, 2.24) is 10.3 Å². The van der Waals surface area contributed by atoms with Crippen LogP contribution >= 0.6 is 27.5 Å². The zero-order valence-corrected chi connectivity index (χ0v) is 17.3. The summed E-state index contributed by atoms with van der Waals surface area (Å²) in [7, 11) is 0. The Morgan fingerprint density at radius 1 is 1.04 bits per heavy atom. The molecule has 0 radical (unpaired) electrons. The smallest absolute Gasteiger partial charge is 0.255 e. The summed E-state index contributed by atoms with van der Waals surface area (Å²) >= 11 is 9.63. The Bertz CT molecular complexity index is 1030. The highest BCUT2D eigenvalue weighted by Gasteiger charge is 2.14. The quantitative estimate of drug-likeness (QED) is 0.566. The average Bonchev–Trinajstić information content (AvgIpc) is 2.67. The second-order valence-electron chi connectivity index (χ2n) is 6.11. The van der Waals surface area contributed by atoms with E-state index in [0.29, 0.717) is 23.4 Å². The third-order valence-electron chi connectivity index (χ3n) is 4.06. The normalized spacial score (nSPS) is 10.4. The molecule has 3 aromatic rings. The van der Waals surface area contributed by atoms with Gasteiger partial charge in [0.25, 0.3) is 11.8 Å². The molecule has 0 saturated carbocycles. The number of halogens is 2. The van der Waals surface area contributed by atoms with Gasteiger partial charge in [0.05, 0.1) is 22.8 Å². The molecule has 2 amide bonds. The molecule has 1 aromatic heterocycles. The van der Waals surface area contributed by atoms with Gasteiger partial charge in [-0.3, -0.25) is 14.6 Å². The van der Waals surface area contributed by atoms with Gasteiger partial charge in [-0.05, 0) is 61.0 Å². The molecule has 0 aliphatic heterocycles. The van der Waals surface area contributed by atoms with Crippen molar-refractivity contribution < 1.29 is 9.59 Å². The van der Waals surface area contributed by atoms with Crippen molar-refractivity contribution in [3.8, 4) is 0 Å². The first-order chi connectivity index (χ1) is 13.4. The molecule has 28 heavy (non-hydrogen) atoms. The van der Waals surface area contributed by atoms with Gasteiger partial charge in [-0.2, -0.15) is 0 Å². The third-order valence-corrected chi connectivity index (χ3v) is 4.87. The van der Waals surface area contributed by atoms with Crippen LogP contribution in [0.4, 0.5) is 5.69 Å². The van der Waals surface area contributed by atoms with Gasteiger partial charge in [-0.15, -0.1) is 0 Å². The molecule has 0 aliphatic rings. The monoisotopic (exact) mass is 457 g/mol. The number of nitrogens with one attached hydrogen (secondary N) is 2. The zero-order valence-electron chi connectivity index (χ0n) is 15.0. The Morgan fingerprint density at radius 2 is 1.82 bits per heavy atom. The maximum absolute atomic E-state index is 12.5. The topological polar surface area (TPSA) is 71.1 Å². The van der Waals surface area contributed by atoms with Gasteiger partial charge in [0.15, 0.2) is 0 Å². The first-order valence-electron chi connectivity index (χ1n) is 8.49. The molecule has 0 atom stereocenters. The number of nitrogens with zero attached hydrogens (tertiary/aromatic N) is 1. The molecule has 3 rings (SSSR count). The lowest BCUT2D eigenvalue weighted by Crippen LogP contribution is -2.23. The van der Waals surface area contributed by atoms with Crippen LogP contribution in [0.3, 0.4) is 0 Å². The molecule has 142 valence electrons. The molecule has 7 heteroatoms. The van der Waals surface area contributed by atoms with Crippen LogP contribution in [0.15, 0.2) is 65.3 Å². The van der Waals surface area contributed by atoms with Crippen LogP contribution in [0.2, 0.25) is 5.02 Å². The van der Waals surface area contributed by atoms with Crippen LogP contribution < -0.4 is 10.6 Å². The van der Waals surface area contributed by atoms with Crippen molar-refractivity contribution in [3.05, 3.63) is 92.7 Å². The van der Waals surface area contributed by atoms with E-state index in [0.717, 1.165) is 15.7 Å². The van der Waals surface area contributed by atoms with E-state index in [2.05, 4.69) is 31.5 Å². The van der Waals surface area contributed by atoms with E-state index < -0.39 is 0 Å². The Labute approximate surface area is 176 Å². The highest BCUT2D eigenvalue weighted by Crippen LogP contribution is 2.23. The fraction of sp³-hybridized carbons (Fsp3) is 0.0952. The van der Waals surface area contributed by atoms with Crippen molar-refractivity contribution in [2.75, 3.05) is 5.32 Å². The first kappa shape index (κ1) is 20.0. The van der Waals surface area contributed by atoms with Crippen LogP contribution in [0, 0.1) is 6.92 Å². The highest BCUT2D eigenvalue weighted by atomic mass is 79.9. The Kier molecular flexibility index (Phi) is 6.44. The Balaban J connectivity index is 1.68. The lowest BCUT2D eigenvalue weighted by Gasteiger charge is -2.11. The van der Waals surface area contributed by atoms with Crippen LogP contribution in [-0.2, 0) is 6.54 Å². The van der Waals surface area contributed by atoms with Crippen molar-refractivity contribution in [3.63, 3.8) is 0 Å². The number of anilines is 1. The van der Waals surface area contributed by atoms with Gasteiger partial charge < -0.3 is 10.6 Å². The van der Waals surface area contributed by atoms with Gasteiger partial charge in [-0.25, -0.2) is 0 Å². The molecule has 1 heterocycles. The summed E-state index contributed by atoms with van der Waals surface area (Å²) < 4.78 is 0.908. The Morgan fingerprint density at radius 3 is 2.50 bits per heavy atom. The maximum Gasteiger partial charge on any atom is 0.255 e. The lowest BCUT2D eigenvalue weighted by atomic mass is 10.1. The minimum absolute atomic E-state index is 0.242. The number of aryl methyl sites for hydroxylation is 1.